The molecule has 2 aromatic rings. The highest BCUT2D eigenvalue weighted by atomic mass is 35.5. The number of aliphatic hydroxyl groups excluding tert-OH is 2. The van der Waals surface area contributed by atoms with Crippen molar-refractivity contribution in [1.29, 1.82) is 0 Å². The van der Waals surface area contributed by atoms with Crippen molar-refractivity contribution in [3.63, 3.8) is 0 Å². The zero-order chi connectivity index (χ0) is 17.1. The molecule has 0 spiro atoms. The number of rotatable bonds is 4. The fourth-order valence-electron chi connectivity index (χ4n) is 2.70. The number of furan rings is 1. The van der Waals surface area contributed by atoms with Gasteiger partial charge in [-0.1, -0.05) is 23.7 Å². The quantitative estimate of drug-likeness (QED) is 0.781. The Morgan fingerprint density at radius 3 is 2.83 bits per heavy atom. The number of hydrogen-bond donors (Lipinski definition) is 3. The van der Waals surface area contributed by atoms with Crippen molar-refractivity contribution in [2.45, 2.75) is 24.7 Å². The van der Waals surface area contributed by atoms with Crippen LogP contribution in [0, 0.1) is 0 Å². The standard InChI is InChI=1S/C17H18ClNO5/c18-11-4-2-1-3-10(11)13-5-6-14(24-13)17(22)19-12-7-8-23-15(9-20)16(12)21/h1-6,12,15-16,20-21H,7-9H2,(H,19,22)/t12-,15+,16-/m0/s1. The van der Waals surface area contributed by atoms with Gasteiger partial charge in [-0.3, -0.25) is 4.79 Å². The molecule has 3 N–H and O–H groups in total. The second-order valence-electron chi connectivity index (χ2n) is 5.59. The predicted molar refractivity (Wildman–Crippen MR) is 87.9 cm³/mol. The van der Waals surface area contributed by atoms with Crippen LogP contribution in [0.2, 0.25) is 5.02 Å². The highest BCUT2D eigenvalue weighted by Crippen LogP contribution is 2.29. The predicted octanol–water partition coefficient (Wildman–Crippen LogP) is 1.84. The summed E-state index contributed by atoms with van der Waals surface area (Å²) in [6.45, 7) is 0.0568. The van der Waals surface area contributed by atoms with E-state index in [2.05, 4.69) is 5.32 Å². The van der Waals surface area contributed by atoms with Crippen LogP contribution < -0.4 is 5.32 Å². The molecule has 0 radical (unpaired) electrons. The summed E-state index contributed by atoms with van der Waals surface area (Å²) in [7, 11) is 0. The lowest BCUT2D eigenvalue weighted by molar-refractivity contribution is -0.107. The Hall–Kier alpha value is -1.86. The van der Waals surface area contributed by atoms with Gasteiger partial charge in [0.25, 0.3) is 5.91 Å². The van der Waals surface area contributed by atoms with E-state index >= 15 is 0 Å². The zero-order valence-electron chi connectivity index (χ0n) is 12.8. The maximum absolute atomic E-state index is 12.3. The van der Waals surface area contributed by atoms with Crippen molar-refractivity contribution in [1.82, 2.24) is 5.32 Å². The minimum atomic E-state index is -0.967. The third kappa shape index (κ3) is 3.47. The molecule has 0 bridgehead atoms. The van der Waals surface area contributed by atoms with Crippen LogP contribution in [0.1, 0.15) is 17.0 Å². The number of benzene rings is 1. The number of aliphatic hydroxyl groups is 2. The topological polar surface area (TPSA) is 91.9 Å². The molecule has 6 nitrogen and oxygen atoms in total. The highest BCUT2D eigenvalue weighted by molar-refractivity contribution is 6.33. The van der Waals surface area contributed by atoms with Gasteiger partial charge in [-0.15, -0.1) is 0 Å². The SMILES string of the molecule is O=C(N[C@H]1CCO[C@H](CO)[C@H]1O)c1ccc(-c2ccccc2Cl)o1. The number of nitrogens with one attached hydrogen (secondary N) is 1. The molecule has 1 aromatic heterocycles. The molecule has 1 aliphatic rings. The molecule has 0 unspecified atom stereocenters. The van der Waals surface area contributed by atoms with Gasteiger partial charge in [-0.05, 0) is 30.7 Å². The van der Waals surface area contributed by atoms with Crippen molar-refractivity contribution in [3.8, 4) is 11.3 Å². The van der Waals surface area contributed by atoms with Crippen LogP contribution in [0.25, 0.3) is 11.3 Å². The smallest absolute Gasteiger partial charge is 0.287 e. The van der Waals surface area contributed by atoms with Crippen molar-refractivity contribution < 1.29 is 24.2 Å². The molecule has 7 heteroatoms. The van der Waals surface area contributed by atoms with Gasteiger partial charge in [0.2, 0.25) is 0 Å². The first-order valence-electron chi connectivity index (χ1n) is 7.66. The number of amides is 1. The number of hydrogen-bond acceptors (Lipinski definition) is 5. The lowest BCUT2D eigenvalue weighted by atomic mass is 10.00. The molecule has 1 aliphatic heterocycles. The largest absolute Gasteiger partial charge is 0.451 e. The molecular formula is C17H18ClNO5. The molecule has 128 valence electrons. The van der Waals surface area contributed by atoms with Crippen molar-refractivity contribution in [2.75, 3.05) is 13.2 Å². The second-order valence-corrected chi connectivity index (χ2v) is 6.00. The van der Waals surface area contributed by atoms with Crippen LogP contribution in [0.4, 0.5) is 0 Å². The molecule has 2 heterocycles. The summed E-state index contributed by atoms with van der Waals surface area (Å²) in [5.41, 5.74) is 0.699. The van der Waals surface area contributed by atoms with Gasteiger partial charge in [0.1, 0.15) is 18.0 Å². The average molecular weight is 352 g/mol. The van der Waals surface area contributed by atoms with Gasteiger partial charge >= 0.3 is 0 Å². The molecule has 24 heavy (non-hydrogen) atoms. The maximum Gasteiger partial charge on any atom is 0.287 e. The molecular weight excluding hydrogens is 334 g/mol. The first kappa shape index (κ1) is 17.0. The van der Waals surface area contributed by atoms with E-state index in [-0.39, 0.29) is 12.4 Å². The monoisotopic (exact) mass is 351 g/mol. The molecule has 1 saturated heterocycles. The van der Waals surface area contributed by atoms with E-state index in [9.17, 15) is 9.90 Å². The van der Waals surface area contributed by atoms with E-state index in [1.54, 1.807) is 24.3 Å². The van der Waals surface area contributed by atoms with Crippen LogP contribution in [-0.4, -0.2) is 47.6 Å². The number of carbonyl (C=O) groups excluding carboxylic acids is 1. The summed E-state index contributed by atoms with van der Waals surface area (Å²) in [5, 5.41) is 22.5. The van der Waals surface area contributed by atoms with E-state index in [0.29, 0.717) is 29.4 Å². The Morgan fingerprint density at radius 2 is 2.08 bits per heavy atom. The van der Waals surface area contributed by atoms with Gasteiger partial charge < -0.3 is 24.7 Å². The molecule has 1 amide bonds. The summed E-state index contributed by atoms with van der Waals surface area (Å²) in [6.07, 6.45) is -1.20. The molecule has 3 rings (SSSR count). The third-order valence-corrected chi connectivity index (χ3v) is 4.35. The van der Waals surface area contributed by atoms with Gasteiger partial charge in [-0.2, -0.15) is 0 Å². The molecule has 1 aromatic carbocycles. The maximum atomic E-state index is 12.3. The molecule has 1 fully saturated rings. The molecule has 0 saturated carbocycles. The Morgan fingerprint density at radius 1 is 1.29 bits per heavy atom. The molecule has 0 aliphatic carbocycles. The highest BCUT2D eigenvalue weighted by Gasteiger charge is 2.33. The normalized spacial score (nSPS) is 23.9. The Balaban J connectivity index is 1.71. The molecule has 3 atom stereocenters. The number of ether oxygens (including phenoxy) is 1. The number of halogens is 1. The van der Waals surface area contributed by atoms with Gasteiger partial charge in [-0.25, -0.2) is 0 Å². The fourth-order valence-corrected chi connectivity index (χ4v) is 2.93. The van der Waals surface area contributed by atoms with E-state index in [1.807, 2.05) is 12.1 Å². The third-order valence-electron chi connectivity index (χ3n) is 4.02. The second kappa shape index (κ2) is 7.36. The minimum Gasteiger partial charge on any atom is -0.451 e. The summed E-state index contributed by atoms with van der Waals surface area (Å²) in [6, 6.07) is 9.92. The average Bonchev–Trinajstić information content (AvgIpc) is 3.07. The van der Waals surface area contributed by atoms with Gasteiger partial charge in [0.05, 0.1) is 17.7 Å². The summed E-state index contributed by atoms with van der Waals surface area (Å²) < 4.78 is 10.8. The Bertz CT molecular complexity index is 717. The fraction of sp³-hybridized carbons (Fsp3) is 0.353. The van der Waals surface area contributed by atoms with Crippen LogP contribution >= 0.6 is 11.6 Å². The van der Waals surface area contributed by atoms with E-state index in [1.165, 1.54) is 0 Å². The van der Waals surface area contributed by atoms with E-state index in [4.69, 9.17) is 25.9 Å². The summed E-state index contributed by atoms with van der Waals surface area (Å²) in [5.74, 6) is 0.187. The van der Waals surface area contributed by atoms with Crippen molar-refractivity contribution >= 4 is 17.5 Å². The first-order valence-corrected chi connectivity index (χ1v) is 8.04. The van der Waals surface area contributed by atoms with Crippen LogP contribution in [-0.2, 0) is 4.74 Å². The van der Waals surface area contributed by atoms with Crippen LogP contribution in [0.3, 0.4) is 0 Å². The summed E-state index contributed by atoms with van der Waals surface area (Å²) >= 11 is 6.12. The van der Waals surface area contributed by atoms with Crippen LogP contribution in [0.15, 0.2) is 40.8 Å². The van der Waals surface area contributed by atoms with Crippen LogP contribution in [0.5, 0.6) is 0 Å². The van der Waals surface area contributed by atoms with Gasteiger partial charge in [0.15, 0.2) is 5.76 Å². The van der Waals surface area contributed by atoms with Crippen molar-refractivity contribution in [2.24, 2.45) is 0 Å². The van der Waals surface area contributed by atoms with Gasteiger partial charge in [0, 0.05) is 12.2 Å². The number of carbonyl (C=O) groups is 1. The minimum absolute atomic E-state index is 0.129. The first-order chi connectivity index (χ1) is 11.6. The summed E-state index contributed by atoms with van der Waals surface area (Å²) in [4.78, 5) is 12.3. The Kier molecular flexibility index (Phi) is 5.20. The van der Waals surface area contributed by atoms with E-state index < -0.39 is 24.2 Å². The Labute approximate surface area is 144 Å². The zero-order valence-corrected chi connectivity index (χ0v) is 13.6. The lowest BCUT2D eigenvalue weighted by Gasteiger charge is -2.34. The van der Waals surface area contributed by atoms with Crippen molar-refractivity contribution in [3.05, 3.63) is 47.2 Å². The van der Waals surface area contributed by atoms with E-state index in [0.717, 1.165) is 0 Å². The lowest BCUT2D eigenvalue weighted by Crippen LogP contribution is -2.54.